The predicted molar refractivity (Wildman–Crippen MR) is 358 cm³/mol. The molecule has 4 aliphatic heterocycles. The zero-order chi connectivity index (χ0) is 73.2. The molecule has 26 nitrogen and oxygen atoms in total. The number of fused-ring (bicyclic) bond motifs is 2. The van der Waals surface area contributed by atoms with Crippen LogP contribution in [0.1, 0.15) is 144 Å². The second-order valence-corrected chi connectivity index (χ2v) is 27.5. The lowest BCUT2D eigenvalue weighted by atomic mass is 9.94. The molecule has 0 spiro atoms. The second kappa shape index (κ2) is 37.3. The molecule has 3 N–H and O–H groups in total. The van der Waals surface area contributed by atoms with E-state index in [1.54, 1.807) is 13.8 Å². The van der Waals surface area contributed by atoms with Gasteiger partial charge in [-0.05, 0) is 100 Å². The minimum atomic E-state index is -4.75. The van der Waals surface area contributed by atoms with E-state index in [0.29, 0.717) is 31.2 Å². The molecule has 12 amide bonds. The first-order valence-corrected chi connectivity index (χ1v) is 34.9. The number of benzene rings is 1. The molecule has 1 unspecified atom stereocenters. The van der Waals surface area contributed by atoms with Gasteiger partial charge in [-0.2, -0.15) is 13.2 Å². The van der Waals surface area contributed by atoms with Crippen molar-refractivity contribution in [2.24, 2.45) is 17.8 Å². The molecule has 11 atom stereocenters. The summed E-state index contributed by atoms with van der Waals surface area (Å²) in [7, 11) is 8.39. The maximum atomic E-state index is 15.0. The highest BCUT2D eigenvalue weighted by Crippen LogP contribution is 2.36. The zero-order valence-electron chi connectivity index (χ0n) is 59.7. The van der Waals surface area contributed by atoms with E-state index in [-0.39, 0.29) is 116 Å². The molecule has 4 saturated heterocycles. The van der Waals surface area contributed by atoms with Gasteiger partial charge >= 0.3 is 6.18 Å². The summed E-state index contributed by atoms with van der Waals surface area (Å²) in [5.74, 6) is -8.76. The van der Waals surface area contributed by atoms with Gasteiger partial charge in [0.15, 0.2) is 0 Å². The van der Waals surface area contributed by atoms with Crippen LogP contribution in [0.2, 0.25) is 5.02 Å². The second-order valence-electron chi connectivity index (χ2n) is 27.1. The molecule has 30 heteroatoms. The van der Waals surface area contributed by atoms with Crippen molar-refractivity contribution in [3.8, 4) is 0 Å². The van der Waals surface area contributed by atoms with Crippen LogP contribution in [0.25, 0.3) is 0 Å². The van der Waals surface area contributed by atoms with Crippen LogP contribution in [0.5, 0.6) is 0 Å². The topological polar surface area (TPSA) is 289 Å². The molecule has 4 heterocycles. The Balaban J connectivity index is 1.53. The third-order valence-corrected chi connectivity index (χ3v) is 20.0. The highest BCUT2D eigenvalue weighted by Gasteiger charge is 2.47. The van der Waals surface area contributed by atoms with Crippen molar-refractivity contribution in [2.45, 2.75) is 199 Å². The molecule has 1 aromatic carbocycles. The fourth-order valence-electron chi connectivity index (χ4n) is 12.7. The predicted octanol–water partition coefficient (Wildman–Crippen LogP) is 3.58. The number of hydrogen-bond donors (Lipinski definition) is 3. The molecule has 0 aromatic heterocycles. The molecule has 0 saturated carbocycles. The average molecular weight is 1410 g/mol. The van der Waals surface area contributed by atoms with Gasteiger partial charge in [0.1, 0.15) is 54.4 Å². The van der Waals surface area contributed by atoms with Gasteiger partial charge in [0, 0.05) is 88.0 Å². The van der Waals surface area contributed by atoms with Crippen LogP contribution in [-0.2, 0) is 79.6 Å². The Morgan fingerprint density at radius 3 is 1.93 bits per heavy atom. The van der Waals surface area contributed by atoms with Gasteiger partial charge in [0.25, 0.3) is 0 Å². The van der Waals surface area contributed by atoms with Gasteiger partial charge in [0.05, 0.1) is 43.4 Å². The maximum absolute atomic E-state index is 15.0. The molecule has 550 valence electrons. The third kappa shape index (κ3) is 21.0. The van der Waals surface area contributed by atoms with Gasteiger partial charge in [-0.1, -0.05) is 79.0 Å². The number of amides is 12. The number of nitrogens with one attached hydrogen (secondary N) is 3. The lowest BCUT2D eigenvalue weighted by Gasteiger charge is -2.45. The summed E-state index contributed by atoms with van der Waals surface area (Å²) in [6, 6.07) is -7.84. The van der Waals surface area contributed by atoms with Crippen molar-refractivity contribution in [1.29, 1.82) is 0 Å². The third-order valence-electron chi connectivity index (χ3n) is 19.7. The van der Waals surface area contributed by atoms with E-state index < -0.39 is 167 Å². The van der Waals surface area contributed by atoms with E-state index in [1.165, 1.54) is 89.6 Å². The summed E-state index contributed by atoms with van der Waals surface area (Å²) in [4.78, 5) is 186. The van der Waals surface area contributed by atoms with E-state index in [9.17, 15) is 65.9 Å². The molecule has 4 fully saturated rings. The monoisotopic (exact) mass is 1410 g/mol. The van der Waals surface area contributed by atoms with Gasteiger partial charge in [-0.25, -0.2) is 0 Å². The highest BCUT2D eigenvalue weighted by molar-refractivity contribution is 6.31. The van der Waals surface area contributed by atoms with E-state index in [0.717, 1.165) is 21.9 Å². The van der Waals surface area contributed by atoms with Crippen molar-refractivity contribution >= 4 is 82.5 Å². The molecule has 0 bridgehead atoms. The first-order valence-electron chi connectivity index (χ1n) is 34.5. The van der Waals surface area contributed by atoms with E-state index in [1.807, 2.05) is 34.6 Å². The first-order chi connectivity index (χ1) is 46.1. The number of likely N-dealkylation sites (N-methyl/N-ethyl adjacent to an activating group) is 6. The number of halogens is 4. The van der Waals surface area contributed by atoms with Crippen molar-refractivity contribution in [3.63, 3.8) is 0 Å². The summed E-state index contributed by atoms with van der Waals surface area (Å²) in [6.45, 7) is 14.5. The van der Waals surface area contributed by atoms with Crippen LogP contribution in [0.15, 0.2) is 18.2 Å². The Bertz CT molecular complexity index is 2990. The lowest BCUT2D eigenvalue weighted by Crippen LogP contribution is -2.65. The minimum absolute atomic E-state index is 0.0620. The summed E-state index contributed by atoms with van der Waals surface area (Å²) >= 11 is 6.08. The van der Waals surface area contributed by atoms with Crippen LogP contribution >= 0.6 is 11.6 Å². The van der Waals surface area contributed by atoms with Crippen LogP contribution in [-0.4, -0.2) is 277 Å². The summed E-state index contributed by atoms with van der Waals surface area (Å²) in [5.41, 5.74) is -0.766. The van der Waals surface area contributed by atoms with Crippen LogP contribution in [0.4, 0.5) is 13.2 Å². The quantitative estimate of drug-likeness (QED) is 0.225. The molecular weight excluding hydrogens is 1300 g/mol. The van der Waals surface area contributed by atoms with E-state index in [2.05, 4.69) is 16.0 Å². The van der Waals surface area contributed by atoms with Gasteiger partial charge in [-0.15, -0.1) is 0 Å². The van der Waals surface area contributed by atoms with Crippen molar-refractivity contribution in [3.05, 3.63) is 34.3 Å². The number of carbonyl (C=O) groups excluding carboxylic acids is 12. The number of nitrogens with zero attached hydrogens (tertiary/aromatic N) is 9. The van der Waals surface area contributed by atoms with E-state index in [4.69, 9.17) is 21.1 Å². The standard InChI is InChI=1S/C68H106ClF3N12O14/c1-15-33-98-40-53-63(92)76(9)39-54(85)74-48(26-24-45-23-25-46(47(69)37-45)68(70,71)72)62(91)83-29-20-21-49(83)59(88)73-28-19-18-22-55(86)81(14)58(43(7)17-3)67(96)79(12)52(65(94)82-31-34-97-35-32-82)38-56(87)78(11)51(36-41(4)5)60(89)75-57(42(6)16-2)66(95)77(10)44(8)61(90)84-30-27-50(84)64(93)80(53)13/h23,25,37,41-44,48-53,57-58H,15-22,24,26-36,38-40H2,1-14H3,(H,73,88)(H,74,85)(H,75,89)/t42-,43-,44-,48-,49-,50-,51-,52-,53-,57-,58?/m0/s1. The fourth-order valence-corrected chi connectivity index (χ4v) is 13.0. The van der Waals surface area contributed by atoms with Crippen LogP contribution in [0.3, 0.4) is 0 Å². The van der Waals surface area contributed by atoms with Crippen molar-refractivity contribution < 1.29 is 80.2 Å². The molecule has 0 aliphatic carbocycles. The Morgan fingerprint density at radius 2 is 1.34 bits per heavy atom. The molecule has 98 heavy (non-hydrogen) atoms. The smallest absolute Gasteiger partial charge is 0.379 e. The Labute approximate surface area is 579 Å². The SMILES string of the molecule is CCCOC[C@H]1C(=O)N(C)CC(=O)N[C@@H](CCc2ccc(C(F)(F)F)c(Cl)c2)C(=O)N2CCC[C@H]2C(=O)NCCCCC(=O)N(C)C([C@@H](C)CC)C(=O)N(C)[C@H](C(=O)N2CCOCC2)CC(=O)N(C)[C@@H](CC(C)C)C(=O)N[C@@H]([C@@H](C)CC)C(=O)N(C)[C@@H](C)C(=O)N2CC[C@H]2C(=O)N1C. The number of aryl methyl sites for hydroxylation is 1. The van der Waals surface area contributed by atoms with Crippen molar-refractivity contribution in [1.82, 2.24) is 60.0 Å². The van der Waals surface area contributed by atoms with Gasteiger partial charge < -0.3 is 69.5 Å². The summed E-state index contributed by atoms with van der Waals surface area (Å²) < 4.78 is 52.5. The average Bonchev–Trinajstić information content (AvgIpc) is 0.836. The van der Waals surface area contributed by atoms with Gasteiger partial charge in [0.2, 0.25) is 70.9 Å². The number of rotatable bonds is 14. The molecule has 1 aromatic rings. The normalized spacial score (nSPS) is 26.4. The Kier molecular flexibility index (Phi) is 31.1. The number of ether oxygens (including phenoxy) is 2. The Morgan fingerprint density at radius 1 is 0.684 bits per heavy atom. The first kappa shape index (κ1) is 81.5. The summed E-state index contributed by atoms with van der Waals surface area (Å²) in [6.07, 6.45) is -2.79. The minimum Gasteiger partial charge on any atom is -0.379 e. The van der Waals surface area contributed by atoms with Crippen LogP contribution in [0, 0.1) is 17.8 Å². The molecule has 4 aliphatic rings. The van der Waals surface area contributed by atoms with Gasteiger partial charge in [-0.3, -0.25) is 57.5 Å². The van der Waals surface area contributed by atoms with Crippen molar-refractivity contribution in [2.75, 3.05) is 108 Å². The molecular formula is C68H106ClF3N12O14. The van der Waals surface area contributed by atoms with Crippen LogP contribution < -0.4 is 16.0 Å². The lowest BCUT2D eigenvalue weighted by molar-refractivity contribution is -0.161. The number of hydrogen-bond acceptors (Lipinski definition) is 14. The fraction of sp³-hybridized carbons (Fsp3) is 0.735. The van der Waals surface area contributed by atoms with E-state index >= 15 is 4.79 Å². The largest absolute Gasteiger partial charge is 0.417 e. The number of alkyl halides is 3. The number of carbonyl (C=O) groups is 12. The Hall–Kier alpha value is -7.14. The number of morpholine rings is 1. The maximum Gasteiger partial charge on any atom is 0.417 e. The zero-order valence-corrected chi connectivity index (χ0v) is 60.4. The summed E-state index contributed by atoms with van der Waals surface area (Å²) in [5, 5.41) is 7.88. The molecule has 5 rings (SSSR count). The molecule has 0 radical (unpaired) electrons. The highest BCUT2D eigenvalue weighted by atomic mass is 35.5.